The zero-order valence-electron chi connectivity index (χ0n) is 18.0. The fourth-order valence-electron chi connectivity index (χ4n) is 4.59. The number of nitrogens with zero attached hydrogens (tertiary/aromatic N) is 2. The lowest BCUT2D eigenvalue weighted by molar-refractivity contribution is 0.781. The third-order valence-corrected chi connectivity index (χ3v) is 6.17. The van der Waals surface area contributed by atoms with Gasteiger partial charge in [0.2, 0.25) is 5.95 Å². The average molecular weight is 416 g/mol. The number of aromatic nitrogens is 2. The Morgan fingerprint density at radius 1 is 0.906 bits per heavy atom. The number of fused-ring (bicyclic) bond motifs is 3. The minimum Gasteiger partial charge on any atom is -0.350 e. The van der Waals surface area contributed by atoms with Crippen LogP contribution >= 0.6 is 0 Å². The fourth-order valence-corrected chi connectivity index (χ4v) is 4.59. The SMILES string of the molecule is C=Cc1cccc(CNc2ncc3c(n2)-c2ccccc2C(c2ccccc2)C3)c1C=C. The standard InChI is InChI=1S/C29H25N3/c1-3-20-13-10-14-22(24(20)4-2)18-30-29-31-19-23-17-27(21-11-6-5-7-12-21)25-15-8-9-16-26(25)28(23)32-29/h3-16,19,27H,1-2,17-18H2,(H,30,31,32). The van der Waals surface area contributed by atoms with E-state index in [0.29, 0.717) is 18.4 Å². The number of hydrogen-bond acceptors (Lipinski definition) is 3. The summed E-state index contributed by atoms with van der Waals surface area (Å²) >= 11 is 0. The van der Waals surface area contributed by atoms with Crippen LogP contribution in [-0.4, -0.2) is 9.97 Å². The van der Waals surface area contributed by atoms with Gasteiger partial charge in [0.05, 0.1) is 5.69 Å². The van der Waals surface area contributed by atoms with Gasteiger partial charge in [-0.05, 0) is 39.8 Å². The van der Waals surface area contributed by atoms with Gasteiger partial charge in [-0.15, -0.1) is 0 Å². The maximum absolute atomic E-state index is 4.93. The highest BCUT2D eigenvalue weighted by Crippen LogP contribution is 2.41. The topological polar surface area (TPSA) is 37.8 Å². The van der Waals surface area contributed by atoms with E-state index in [1.165, 1.54) is 22.3 Å². The summed E-state index contributed by atoms with van der Waals surface area (Å²) < 4.78 is 0. The van der Waals surface area contributed by atoms with Crippen molar-refractivity contribution in [3.63, 3.8) is 0 Å². The average Bonchev–Trinajstić information content (AvgIpc) is 2.87. The molecule has 1 N–H and O–H groups in total. The molecule has 1 unspecified atom stereocenters. The van der Waals surface area contributed by atoms with E-state index in [1.54, 1.807) is 0 Å². The van der Waals surface area contributed by atoms with Crippen molar-refractivity contribution >= 4 is 18.1 Å². The van der Waals surface area contributed by atoms with Crippen molar-refractivity contribution in [3.8, 4) is 11.3 Å². The third kappa shape index (κ3) is 3.63. The highest BCUT2D eigenvalue weighted by Gasteiger charge is 2.27. The second kappa shape index (κ2) is 8.64. The van der Waals surface area contributed by atoms with Gasteiger partial charge in [-0.1, -0.05) is 98.1 Å². The first-order valence-corrected chi connectivity index (χ1v) is 10.9. The Hall–Kier alpha value is -3.98. The predicted molar refractivity (Wildman–Crippen MR) is 133 cm³/mol. The summed E-state index contributed by atoms with van der Waals surface area (Å²) in [6.07, 6.45) is 6.61. The number of nitrogens with one attached hydrogen (secondary N) is 1. The van der Waals surface area contributed by atoms with Crippen molar-refractivity contribution in [3.05, 3.63) is 126 Å². The second-order valence-corrected chi connectivity index (χ2v) is 8.00. The molecule has 32 heavy (non-hydrogen) atoms. The van der Waals surface area contributed by atoms with Gasteiger partial charge >= 0.3 is 0 Å². The van der Waals surface area contributed by atoms with E-state index in [-0.39, 0.29) is 0 Å². The molecule has 0 fully saturated rings. The molecular weight excluding hydrogens is 390 g/mol. The normalized spacial score (nSPS) is 14.2. The first-order valence-electron chi connectivity index (χ1n) is 10.9. The number of rotatable bonds is 6. The summed E-state index contributed by atoms with van der Waals surface area (Å²) in [6, 6.07) is 25.5. The zero-order valence-corrected chi connectivity index (χ0v) is 18.0. The Labute approximate surface area is 189 Å². The molecule has 3 nitrogen and oxygen atoms in total. The molecule has 1 aromatic heterocycles. The first kappa shape index (κ1) is 20.0. The highest BCUT2D eigenvalue weighted by atomic mass is 15.1. The number of benzene rings is 3. The molecule has 0 saturated carbocycles. The lowest BCUT2D eigenvalue weighted by atomic mass is 9.78. The molecule has 0 spiro atoms. The van der Waals surface area contributed by atoms with Crippen molar-refractivity contribution in [1.29, 1.82) is 0 Å². The quantitative estimate of drug-likeness (QED) is 0.379. The van der Waals surface area contributed by atoms with E-state index < -0.39 is 0 Å². The molecule has 3 aromatic carbocycles. The van der Waals surface area contributed by atoms with E-state index >= 15 is 0 Å². The van der Waals surface area contributed by atoms with E-state index in [1.807, 2.05) is 30.5 Å². The monoisotopic (exact) mass is 415 g/mol. The van der Waals surface area contributed by atoms with E-state index in [9.17, 15) is 0 Å². The van der Waals surface area contributed by atoms with Gasteiger partial charge < -0.3 is 5.32 Å². The predicted octanol–water partition coefficient (Wildman–Crippen LogP) is 6.73. The van der Waals surface area contributed by atoms with Gasteiger partial charge in [0.25, 0.3) is 0 Å². The minimum atomic E-state index is 0.319. The maximum Gasteiger partial charge on any atom is 0.223 e. The molecule has 1 atom stereocenters. The van der Waals surface area contributed by atoms with Crippen LogP contribution in [0.1, 0.15) is 39.3 Å². The maximum atomic E-state index is 4.93. The molecular formula is C29H25N3. The molecule has 4 aromatic rings. The van der Waals surface area contributed by atoms with E-state index in [2.05, 4.69) is 84.1 Å². The Bertz CT molecular complexity index is 1290. The molecule has 0 bridgehead atoms. The van der Waals surface area contributed by atoms with Crippen LogP contribution < -0.4 is 5.32 Å². The van der Waals surface area contributed by atoms with Crippen LogP contribution in [0.4, 0.5) is 5.95 Å². The third-order valence-electron chi connectivity index (χ3n) is 6.17. The highest BCUT2D eigenvalue weighted by molar-refractivity contribution is 5.72. The van der Waals surface area contributed by atoms with Gasteiger partial charge in [-0.3, -0.25) is 0 Å². The van der Waals surface area contributed by atoms with Crippen LogP contribution in [0, 0.1) is 0 Å². The molecule has 0 radical (unpaired) electrons. The largest absolute Gasteiger partial charge is 0.350 e. The second-order valence-electron chi connectivity index (χ2n) is 8.00. The van der Waals surface area contributed by atoms with Crippen molar-refractivity contribution in [1.82, 2.24) is 9.97 Å². The van der Waals surface area contributed by atoms with Gasteiger partial charge in [-0.25, -0.2) is 9.97 Å². The molecule has 3 heteroatoms. The van der Waals surface area contributed by atoms with E-state index in [0.717, 1.165) is 28.8 Å². The Kier molecular flexibility index (Phi) is 5.39. The van der Waals surface area contributed by atoms with Crippen LogP contribution in [0.3, 0.4) is 0 Å². The lowest BCUT2D eigenvalue weighted by Crippen LogP contribution is -2.15. The van der Waals surface area contributed by atoms with E-state index in [4.69, 9.17) is 4.98 Å². The van der Waals surface area contributed by atoms with Gasteiger partial charge in [-0.2, -0.15) is 0 Å². The molecule has 156 valence electrons. The van der Waals surface area contributed by atoms with Crippen molar-refractivity contribution in [2.75, 3.05) is 5.32 Å². The zero-order chi connectivity index (χ0) is 21.9. The van der Waals surface area contributed by atoms with Gasteiger partial charge in [0.15, 0.2) is 0 Å². The van der Waals surface area contributed by atoms with Crippen LogP contribution in [0.25, 0.3) is 23.4 Å². The summed E-state index contributed by atoms with van der Waals surface area (Å²) in [5, 5.41) is 3.41. The number of anilines is 1. The summed E-state index contributed by atoms with van der Waals surface area (Å²) in [5.41, 5.74) is 9.35. The smallest absolute Gasteiger partial charge is 0.223 e. The summed E-state index contributed by atoms with van der Waals surface area (Å²) in [6.45, 7) is 8.49. The van der Waals surface area contributed by atoms with Crippen LogP contribution in [0.15, 0.2) is 92.2 Å². The Balaban J connectivity index is 1.46. The van der Waals surface area contributed by atoms with Crippen molar-refractivity contribution in [2.24, 2.45) is 0 Å². The minimum absolute atomic E-state index is 0.319. The first-order chi connectivity index (χ1) is 15.8. The molecule has 1 aliphatic carbocycles. The number of hydrogen-bond donors (Lipinski definition) is 1. The molecule has 5 rings (SSSR count). The van der Waals surface area contributed by atoms with Crippen LogP contribution in [-0.2, 0) is 13.0 Å². The Morgan fingerprint density at radius 2 is 1.72 bits per heavy atom. The van der Waals surface area contributed by atoms with Gasteiger partial charge in [0, 0.05) is 24.2 Å². The van der Waals surface area contributed by atoms with Crippen LogP contribution in [0.2, 0.25) is 0 Å². The van der Waals surface area contributed by atoms with Crippen molar-refractivity contribution in [2.45, 2.75) is 18.9 Å². The summed E-state index contributed by atoms with van der Waals surface area (Å²) in [4.78, 5) is 9.57. The molecule has 1 aliphatic rings. The van der Waals surface area contributed by atoms with Crippen LogP contribution in [0.5, 0.6) is 0 Å². The molecule has 0 aliphatic heterocycles. The molecule has 0 amide bonds. The lowest BCUT2D eigenvalue weighted by Gasteiger charge is -2.27. The fraction of sp³-hybridized carbons (Fsp3) is 0.103. The summed E-state index contributed by atoms with van der Waals surface area (Å²) in [7, 11) is 0. The Morgan fingerprint density at radius 3 is 2.53 bits per heavy atom. The molecule has 0 saturated heterocycles. The summed E-state index contributed by atoms with van der Waals surface area (Å²) in [5.74, 6) is 0.954. The van der Waals surface area contributed by atoms with Gasteiger partial charge in [0.1, 0.15) is 0 Å². The molecule has 1 heterocycles. The van der Waals surface area contributed by atoms with Crippen molar-refractivity contribution < 1.29 is 0 Å².